The lowest BCUT2D eigenvalue weighted by molar-refractivity contribution is -0.197. The number of ether oxygens (including phenoxy) is 1. The van der Waals surface area contributed by atoms with Gasteiger partial charge in [-0.3, -0.25) is 4.90 Å². The molecule has 2 heterocycles. The summed E-state index contributed by atoms with van der Waals surface area (Å²) in [5, 5.41) is 59.0. The number of aromatic hydroxyl groups is 1. The minimum atomic E-state index is -2.27. The summed E-state index contributed by atoms with van der Waals surface area (Å²) in [6, 6.07) is 13.3. The molecule has 0 aromatic heterocycles. The molecule has 1 spiro atoms. The zero-order chi connectivity index (χ0) is 33.0. The molecular formula is C33H41N3O10. The van der Waals surface area contributed by atoms with E-state index in [1.165, 1.54) is 18.4 Å². The smallest absolute Gasteiger partial charge is 0.335 e. The lowest BCUT2D eigenvalue weighted by atomic mass is 9.48. The number of phenols is 1. The van der Waals surface area contributed by atoms with Crippen molar-refractivity contribution in [2.45, 2.75) is 86.5 Å². The van der Waals surface area contributed by atoms with Crippen molar-refractivity contribution in [3.63, 3.8) is 0 Å². The number of nitrogens with one attached hydrogen (secondary N) is 1. The van der Waals surface area contributed by atoms with Gasteiger partial charge < -0.3 is 45.6 Å². The zero-order valence-electron chi connectivity index (χ0n) is 25.6. The maximum absolute atomic E-state index is 13.3. The summed E-state index contributed by atoms with van der Waals surface area (Å²) in [7, 11) is 1.83. The van der Waals surface area contributed by atoms with Crippen LogP contribution in [0.25, 0.3) is 0 Å². The third-order valence-electron chi connectivity index (χ3n) is 10.6. The Kier molecular flexibility index (Phi) is 8.38. The summed E-state index contributed by atoms with van der Waals surface area (Å²) in [6.07, 6.45) is 0.491. The van der Waals surface area contributed by atoms with E-state index >= 15 is 0 Å². The number of hydrogen-bond acceptors (Lipinski definition) is 9. The number of rotatable bonds is 8. The fraction of sp³-hybridized carbons (Fsp3) is 0.545. The van der Waals surface area contributed by atoms with Crippen LogP contribution in [0.3, 0.4) is 0 Å². The molecule has 7 atom stereocenters. The standard InChI is InChI=1S/C29H35N3O4.C4H6O6/c1-31(27(34)30-16-18-5-3-2-4-6-18)21-11-12-29(35)23-15-20-9-10-22(33)25-24(20)28(29,26(21)36-25)13-14-32(23)17-19-7-8-19;5-1(3(7)8)2(6)4(9)10/h2-6,9-10,19,21,23,26,33,35H,7-8,11-17H2,1H3,(H,30,34);1-2,5-6H,(H,7,8)(H,9,10)/t21-,23+,26-,28-,29+;/m0./s1. The van der Waals surface area contributed by atoms with Gasteiger partial charge in [0.25, 0.3) is 0 Å². The Balaban J connectivity index is 0.000000324. The van der Waals surface area contributed by atoms with Crippen molar-refractivity contribution in [1.82, 2.24) is 15.1 Å². The van der Waals surface area contributed by atoms with Gasteiger partial charge in [0.2, 0.25) is 0 Å². The maximum atomic E-state index is 13.3. The van der Waals surface area contributed by atoms with Crippen molar-refractivity contribution in [1.29, 1.82) is 0 Å². The van der Waals surface area contributed by atoms with Gasteiger partial charge in [0.15, 0.2) is 23.7 Å². The van der Waals surface area contributed by atoms with Crippen molar-refractivity contribution in [2.75, 3.05) is 20.1 Å². The SMILES string of the molecule is CN(C(=O)NCc1ccccc1)[C@H]1CC[C@@]2(O)[C@H]3Cc4ccc(O)c5c4[C@@]2(CCN3CC2CC2)[C@H]1O5.O=C(O)C(O)C(O)C(=O)O. The van der Waals surface area contributed by atoms with E-state index in [-0.39, 0.29) is 23.9 Å². The van der Waals surface area contributed by atoms with Crippen molar-refractivity contribution in [3.05, 3.63) is 59.2 Å². The number of aliphatic hydroxyl groups is 3. The fourth-order valence-electron chi connectivity index (χ4n) is 8.17. The van der Waals surface area contributed by atoms with Gasteiger partial charge >= 0.3 is 18.0 Å². The van der Waals surface area contributed by atoms with E-state index in [0.717, 1.165) is 43.0 Å². The lowest BCUT2D eigenvalue weighted by Gasteiger charge is -2.64. The normalized spacial score (nSPS) is 30.0. The first-order valence-electron chi connectivity index (χ1n) is 15.7. The minimum Gasteiger partial charge on any atom is -0.504 e. The van der Waals surface area contributed by atoms with E-state index in [1.807, 2.05) is 43.4 Å². The predicted octanol–water partition coefficient (Wildman–Crippen LogP) is 1.04. The number of urea groups is 1. The molecule has 248 valence electrons. The molecule has 2 aromatic carbocycles. The van der Waals surface area contributed by atoms with Gasteiger partial charge in [-0.15, -0.1) is 0 Å². The third kappa shape index (κ3) is 5.24. The average Bonchev–Trinajstić information content (AvgIpc) is 3.79. The van der Waals surface area contributed by atoms with Crippen molar-refractivity contribution in [3.8, 4) is 11.5 Å². The molecule has 2 saturated carbocycles. The minimum absolute atomic E-state index is 0.0408. The molecule has 3 fully saturated rings. The largest absolute Gasteiger partial charge is 0.504 e. The molecule has 13 nitrogen and oxygen atoms in total. The number of likely N-dealkylation sites (N-methyl/N-ethyl adjacent to an activating group) is 1. The van der Waals surface area contributed by atoms with Gasteiger partial charge in [-0.25, -0.2) is 14.4 Å². The van der Waals surface area contributed by atoms with Crippen LogP contribution in [0.4, 0.5) is 4.79 Å². The second-order valence-electron chi connectivity index (χ2n) is 13.2. The number of carbonyl (C=O) groups is 3. The van der Waals surface area contributed by atoms with Gasteiger partial charge in [0.1, 0.15) is 6.10 Å². The van der Waals surface area contributed by atoms with E-state index in [4.69, 9.17) is 25.2 Å². The number of carboxylic acids is 2. The summed E-state index contributed by atoms with van der Waals surface area (Å²) in [5.41, 5.74) is 1.68. The van der Waals surface area contributed by atoms with Crippen LogP contribution in [-0.2, 0) is 28.0 Å². The molecule has 7 rings (SSSR count). The molecule has 2 unspecified atom stereocenters. The Labute approximate surface area is 266 Å². The average molecular weight is 640 g/mol. The number of nitrogens with zero attached hydrogens (tertiary/aromatic N) is 2. The molecule has 3 aliphatic carbocycles. The number of amides is 2. The van der Waals surface area contributed by atoms with Gasteiger partial charge in [-0.1, -0.05) is 36.4 Å². The summed E-state index contributed by atoms with van der Waals surface area (Å²) < 4.78 is 6.60. The third-order valence-corrected chi connectivity index (χ3v) is 10.6. The van der Waals surface area contributed by atoms with Crippen molar-refractivity contribution in [2.24, 2.45) is 5.92 Å². The van der Waals surface area contributed by atoms with Gasteiger partial charge in [0.05, 0.1) is 17.1 Å². The molecule has 5 aliphatic rings. The van der Waals surface area contributed by atoms with Crippen LogP contribution in [0.1, 0.15) is 48.8 Å². The second-order valence-corrected chi connectivity index (χ2v) is 13.2. The summed E-state index contributed by atoms with van der Waals surface area (Å²) >= 11 is 0. The maximum Gasteiger partial charge on any atom is 0.335 e. The number of carboxylic acid groups (broad SMARTS) is 2. The van der Waals surface area contributed by atoms with E-state index in [0.29, 0.717) is 25.1 Å². The molecule has 0 radical (unpaired) electrons. The Morgan fingerprint density at radius 2 is 1.70 bits per heavy atom. The van der Waals surface area contributed by atoms with E-state index in [1.54, 1.807) is 11.0 Å². The van der Waals surface area contributed by atoms with Crippen molar-refractivity contribution >= 4 is 18.0 Å². The molecular weight excluding hydrogens is 598 g/mol. The summed E-state index contributed by atoms with van der Waals surface area (Å²) in [5.74, 6) is -2.13. The van der Waals surface area contributed by atoms with Crippen LogP contribution in [0.5, 0.6) is 11.5 Å². The number of aliphatic carboxylic acids is 2. The van der Waals surface area contributed by atoms with Gasteiger partial charge in [-0.2, -0.15) is 0 Å². The van der Waals surface area contributed by atoms with E-state index in [2.05, 4.69) is 10.2 Å². The predicted molar refractivity (Wildman–Crippen MR) is 162 cm³/mol. The Morgan fingerprint density at radius 3 is 2.33 bits per heavy atom. The van der Waals surface area contributed by atoms with E-state index < -0.39 is 41.3 Å². The molecule has 46 heavy (non-hydrogen) atoms. The topological polar surface area (TPSA) is 200 Å². The first kappa shape index (κ1) is 32.0. The fourth-order valence-corrected chi connectivity index (χ4v) is 8.17. The quantitative estimate of drug-likeness (QED) is 0.218. The number of carbonyl (C=O) groups excluding carboxylic acids is 1. The molecule has 2 amide bonds. The second kappa shape index (κ2) is 12.0. The lowest BCUT2D eigenvalue weighted by Crippen LogP contribution is -2.78. The first-order valence-corrected chi connectivity index (χ1v) is 15.7. The highest BCUT2D eigenvalue weighted by Gasteiger charge is 2.73. The Morgan fingerprint density at radius 1 is 1.02 bits per heavy atom. The van der Waals surface area contributed by atoms with Gasteiger partial charge in [-0.05, 0) is 68.2 Å². The molecule has 13 heteroatoms. The number of benzene rings is 2. The highest BCUT2D eigenvalue weighted by atomic mass is 16.5. The number of hydrogen-bond donors (Lipinski definition) is 7. The van der Waals surface area contributed by atoms with Crippen LogP contribution in [0.15, 0.2) is 42.5 Å². The van der Waals surface area contributed by atoms with Crippen LogP contribution >= 0.6 is 0 Å². The monoisotopic (exact) mass is 639 g/mol. The van der Waals surface area contributed by atoms with E-state index in [9.17, 15) is 24.6 Å². The summed E-state index contributed by atoms with van der Waals surface area (Å²) in [4.78, 5) is 37.1. The highest BCUT2D eigenvalue weighted by Crippen LogP contribution is 2.66. The zero-order valence-corrected chi connectivity index (χ0v) is 25.6. The van der Waals surface area contributed by atoms with Crippen molar-refractivity contribution < 1.29 is 49.8 Å². The number of aliphatic hydroxyl groups excluding tert-OH is 2. The van der Waals surface area contributed by atoms with Crippen LogP contribution in [0, 0.1) is 5.92 Å². The molecule has 1 saturated heterocycles. The van der Waals surface area contributed by atoms with Crippen LogP contribution in [-0.4, -0.2) is 115 Å². The summed E-state index contributed by atoms with van der Waals surface area (Å²) in [6.45, 7) is 2.43. The number of phenolic OH excluding ortho intramolecular Hbond substituents is 1. The number of likely N-dealkylation sites (tertiary alicyclic amines) is 1. The van der Waals surface area contributed by atoms with Crippen LogP contribution in [0.2, 0.25) is 0 Å². The Hall–Kier alpha value is -3.91. The van der Waals surface area contributed by atoms with Gasteiger partial charge in [0, 0.05) is 31.7 Å². The first-order chi connectivity index (χ1) is 21.9. The molecule has 2 aliphatic heterocycles. The number of piperidine rings is 1. The van der Waals surface area contributed by atoms with Crippen LogP contribution < -0.4 is 10.1 Å². The Bertz CT molecular complexity index is 1480. The molecule has 7 N–H and O–H groups in total. The molecule has 2 aromatic rings. The molecule has 2 bridgehead atoms. The highest BCUT2D eigenvalue weighted by molar-refractivity contribution is 5.83.